The van der Waals surface area contributed by atoms with Crippen LogP contribution in [-0.2, 0) is 35.3 Å². The zero-order valence-corrected chi connectivity index (χ0v) is 16.2. The highest BCUT2D eigenvalue weighted by molar-refractivity contribution is 7.55. The first kappa shape index (κ1) is 18.4. The smallest absolute Gasteiger partial charge is 0.337 e. The third kappa shape index (κ3) is 2.84. The number of carbonyl (C=O) groups is 1. The van der Waals surface area contributed by atoms with Crippen LogP contribution in [0.2, 0.25) is 0 Å². The summed E-state index contributed by atoms with van der Waals surface area (Å²) in [6.45, 7) is 4.34. The van der Waals surface area contributed by atoms with Crippen LogP contribution in [0.4, 0.5) is 5.69 Å². The van der Waals surface area contributed by atoms with E-state index in [1.807, 2.05) is 54.6 Å². The zero-order chi connectivity index (χ0) is 19.1. The van der Waals surface area contributed by atoms with Gasteiger partial charge in [0.1, 0.15) is 0 Å². The largest absolute Gasteiger partial charge is 0.363 e. The second-order valence-electron chi connectivity index (χ2n) is 6.48. The lowest BCUT2D eigenvalue weighted by atomic mass is 10.0. The number of nitrogens with zero attached hydrogens (tertiary/aromatic N) is 1. The highest BCUT2D eigenvalue weighted by Gasteiger charge is 2.76. The van der Waals surface area contributed by atoms with E-state index in [0.29, 0.717) is 6.54 Å². The monoisotopic (exact) mass is 387 g/mol. The average molecular weight is 387 g/mol. The standard InChI is InChI=1S/C20H22NO5P/c1-3-24-27(23,25-4-2)19-20(26-19)16-12-8-9-13-17(16)21(18(20)22)14-15-10-6-5-7-11-15/h5-13,19H,3-4,14H2,1-2H3/t19-,20-/m1/s1. The molecule has 1 saturated heterocycles. The van der Waals surface area contributed by atoms with E-state index in [9.17, 15) is 9.36 Å². The van der Waals surface area contributed by atoms with E-state index < -0.39 is 19.0 Å². The van der Waals surface area contributed by atoms with E-state index in [0.717, 1.165) is 16.8 Å². The van der Waals surface area contributed by atoms with Crippen molar-refractivity contribution in [1.29, 1.82) is 0 Å². The minimum absolute atomic E-state index is 0.219. The lowest BCUT2D eigenvalue weighted by molar-refractivity contribution is -0.123. The molecule has 0 N–H and O–H groups in total. The van der Waals surface area contributed by atoms with E-state index in [4.69, 9.17) is 13.8 Å². The summed E-state index contributed by atoms with van der Waals surface area (Å²) in [5, 5.41) is 0. The quantitative estimate of drug-likeness (QED) is 0.530. The van der Waals surface area contributed by atoms with Crippen LogP contribution in [0.5, 0.6) is 0 Å². The number of para-hydroxylation sites is 1. The normalized spacial score (nSPS) is 23.7. The van der Waals surface area contributed by atoms with Gasteiger partial charge < -0.3 is 18.7 Å². The van der Waals surface area contributed by atoms with Gasteiger partial charge in [-0.2, -0.15) is 0 Å². The molecule has 2 atom stereocenters. The van der Waals surface area contributed by atoms with Crippen LogP contribution >= 0.6 is 7.60 Å². The molecule has 142 valence electrons. The molecule has 0 radical (unpaired) electrons. The lowest BCUT2D eigenvalue weighted by Gasteiger charge is -2.18. The number of benzene rings is 2. The Bertz CT molecular complexity index is 892. The number of amides is 1. The van der Waals surface area contributed by atoms with Gasteiger partial charge in [0.15, 0.2) is 0 Å². The molecule has 2 aliphatic heterocycles. The summed E-state index contributed by atoms with van der Waals surface area (Å²) in [7, 11) is -3.57. The van der Waals surface area contributed by atoms with Crippen LogP contribution in [0, 0.1) is 0 Å². The number of anilines is 1. The minimum Gasteiger partial charge on any atom is -0.337 e. The van der Waals surface area contributed by atoms with Crippen molar-refractivity contribution in [2.45, 2.75) is 31.8 Å². The summed E-state index contributed by atoms with van der Waals surface area (Å²) in [6.07, 6.45) is 0. The molecule has 0 unspecified atom stereocenters. The molecule has 1 spiro atoms. The molecular formula is C20H22NO5P. The van der Waals surface area contributed by atoms with Crippen LogP contribution in [0.1, 0.15) is 25.0 Å². The number of epoxide rings is 1. The molecule has 2 aromatic rings. The Morgan fingerprint density at radius 3 is 2.33 bits per heavy atom. The predicted molar refractivity (Wildman–Crippen MR) is 101 cm³/mol. The number of hydrogen-bond donors (Lipinski definition) is 0. The first-order valence-electron chi connectivity index (χ1n) is 9.09. The van der Waals surface area contributed by atoms with Crippen molar-refractivity contribution >= 4 is 19.2 Å². The fraction of sp³-hybridized carbons (Fsp3) is 0.350. The summed E-state index contributed by atoms with van der Waals surface area (Å²) in [6, 6.07) is 17.2. The van der Waals surface area contributed by atoms with Gasteiger partial charge >= 0.3 is 7.60 Å². The van der Waals surface area contributed by atoms with E-state index >= 15 is 0 Å². The summed E-state index contributed by atoms with van der Waals surface area (Å²) in [5.74, 6) is -1.14. The molecule has 0 aromatic heterocycles. The first-order valence-corrected chi connectivity index (χ1v) is 10.7. The maximum absolute atomic E-state index is 13.4. The van der Waals surface area contributed by atoms with Gasteiger partial charge in [-0.1, -0.05) is 48.5 Å². The molecule has 2 aliphatic rings. The number of ether oxygens (including phenoxy) is 1. The Morgan fingerprint density at radius 1 is 1.04 bits per heavy atom. The van der Waals surface area contributed by atoms with Gasteiger partial charge in [-0.15, -0.1) is 0 Å². The van der Waals surface area contributed by atoms with Crippen molar-refractivity contribution in [3.63, 3.8) is 0 Å². The fourth-order valence-corrected chi connectivity index (χ4v) is 5.74. The summed E-state index contributed by atoms with van der Waals surface area (Å²) in [5.41, 5.74) is 1.21. The van der Waals surface area contributed by atoms with Gasteiger partial charge in [-0.05, 0) is 25.5 Å². The van der Waals surface area contributed by atoms with Gasteiger partial charge in [-0.25, -0.2) is 0 Å². The fourth-order valence-electron chi connectivity index (χ4n) is 3.69. The molecule has 1 amide bonds. The van der Waals surface area contributed by atoms with E-state index in [1.165, 1.54) is 0 Å². The first-order chi connectivity index (χ1) is 13.1. The Labute approximate surface area is 158 Å². The highest BCUT2D eigenvalue weighted by Crippen LogP contribution is 2.72. The molecule has 0 aliphatic carbocycles. The lowest BCUT2D eigenvalue weighted by Crippen LogP contribution is -2.33. The van der Waals surface area contributed by atoms with Gasteiger partial charge in [-0.3, -0.25) is 9.36 Å². The zero-order valence-electron chi connectivity index (χ0n) is 15.3. The molecule has 6 nitrogen and oxygen atoms in total. The average Bonchev–Trinajstić information content (AvgIpc) is 3.40. The molecular weight excluding hydrogens is 365 g/mol. The molecule has 1 fully saturated rings. The second-order valence-corrected chi connectivity index (χ2v) is 8.54. The third-order valence-corrected chi connectivity index (χ3v) is 7.11. The van der Waals surface area contributed by atoms with Gasteiger partial charge in [0.05, 0.1) is 25.4 Å². The number of rotatable bonds is 7. The molecule has 0 bridgehead atoms. The minimum atomic E-state index is -3.57. The molecule has 2 aromatic carbocycles. The summed E-state index contributed by atoms with van der Waals surface area (Å²) >= 11 is 0. The Balaban J connectivity index is 1.71. The Kier molecular flexibility index (Phi) is 4.68. The van der Waals surface area contributed by atoms with Gasteiger partial charge in [0, 0.05) is 5.56 Å². The molecule has 2 heterocycles. The maximum atomic E-state index is 13.4. The van der Waals surface area contributed by atoms with Crippen molar-refractivity contribution in [2.75, 3.05) is 18.1 Å². The number of fused-ring (bicyclic) bond motifs is 2. The summed E-state index contributed by atoms with van der Waals surface area (Å²) in [4.78, 5) is 15.1. The van der Waals surface area contributed by atoms with Crippen LogP contribution < -0.4 is 4.90 Å². The van der Waals surface area contributed by atoms with Crippen LogP contribution in [-0.4, -0.2) is 25.0 Å². The third-order valence-electron chi connectivity index (χ3n) is 4.83. The molecule has 0 saturated carbocycles. The maximum Gasteiger partial charge on any atom is 0.363 e. The Morgan fingerprint density at radius 2 is 1.67 bits per heavy atom. The van der Waals surface area contributed by atoms with Crippen molar-refractivity contribution < 1.29 is 23.1 Å². The number of hydrogen-bond acceptors (Lipinski definition) is 5. The topological polar surface area (TPSA) is 68.4 Å². The van der Waals surface area contributed by atoms with E-state index in [2.05, 4.69) is 0 Å². The molecule has 27 heavy (non-hydrogen) atoms. The van der Waals surface area contributed by atoms with Gasteiger partial charge in [0.2, 0.25) is 11.4 Å². The van der Waals surface area contributed by atoms with Crippen molar-refractivity contribution in [1.82, 2.24) is 0 Å². The van der Waals surface area contributed by atoms with Crippen molar-refractivity contribution in [3.8, 4) is 0 Å². The van der Waals surface area contributed by atoms with Crippen molar-refractivity contribution in [3.05, 3.63) is 65.7 Å². The second kappa shape index (κ2) is 6.88. The van der Waals surface area contributed by atoms with E-state index in [-0.39, 0.29) is 19.1 Å². The SMILES string of the molecule is CCOP(=O)(OCC)[C@H]1O[C@]12C(=O)N(Cc1ccccc1)c1ccccc12. The molecule has 7 heteroatoms. The van der Waals surface area contributed by atoms with Crippen LogP contribution in [0.15, 0.2) is 54.6 Å². The summed E-state index contributed by atoms with van der Waals surface area (Å²) < 4.78 is 29.9. The van der Waals surface area contributed by atoms with Gasteiger partial charge in [0.25, 0.3) is 5.91 Å². The van der Waals surface area contributed by atoms with E-state index in [1.54, 1.807) is 18.7 Å². The highest BCUT2D eigenvalue weighted by atomic mass is 31.2. The van der Waals surface area contributed by atoms with Crippen molar-refractivity contribution in [2.24, 2.45) is 0 Å². The van der Waals surface area contributed by atoms with Crippen LogP contribution in [0.3, 0.4) is 0 Å². The Hall–Kier alpha value is -1.98. The predicted octanol–water partition coefficient (Wildman–Crippen LogP) is 4.05. The molecule has 4 rings (SSSR count). The van der Waals surface area contributed by atoms with Crippen LogP contribution in [0.25, 0.3) is 0 Å². The number of carbonyl (C=O) groups excluding carboxylic acids is 1.